The van der Waals surface area contributed by atoms with Gasteiger partial charge in [-0.1, -0.05) is 39.1 Å². The molecule has 17 heavy (non-hydrogen) atoms. The fourth-order valence-corrected chi connectivity index (χ4v) is 3.47. The van der Waals surface area contributed by atoms with Gasteiger partial charge in [0.25, 0.3) is 0 Å². The topological polar surface area (TPSA) is 26.0 Å². The third-order valence-corrected chi connectivity index (χ3v) is 4.82. The summed E-state index contributed by atoms with van der Waals surface area (Å²) in [5.41, 5.74) is 7.19. The molecular formula is C12H10BrCl2NS. The van der Waals surface area contributed by atoms with E-state index in [2.05, 4.69) is 15.9 Å². The molecular weight excluding hydrogens is 341 g/mol. The van der Waals surface area contributed by atoms with Crippen LogP contribution >= 0.6 is 50.5 Å². The average molecular weight is 351 g/mol. The SMILES string of the molecule is NC(Cc1sccc1Cl)c1cc(Cl)ccc1Br. The Kier molecular flexibility index (Phi) is 4.50. The van der Waals surface area contributed by atoms with Gasteiger partial charge in [0.2, 0.25) is 0 Å². The van der Waals surface area contributed by atoms with Gasteiger partial charge in [-0.15, -0.1) is 11.3 Å². The van der Waals surface area contributed by atoms with E-state index >= 15 is 0 Å². The molecule has 0 aliphatic heterocycles. The third kappa shape index (κ3) is 3.24. The monoisotopic (exact) mass is 349 g/mol. The largest absolute Gasteiger partial charge is 0.324 e. The predicted octanol–water partition coefficient (Wildman–Crippen LogP) is 5.06. The molecule has 2 rings (SSSR count). The van der Waals surface area contributed by atoms with E-state index in [4.69, 9.17) is 28.9 Å². The van der Waals surface area contributed by atoms with Crippen molar-refractivity contribution in [2.45, 2.75) is 12.5 Å². The molecule has 0 aliphatic carbocycles. The van der Waals surface area contributed by atoms with Crippen molar-refractivity contribution in [1.82, 2.24) is 0 Å². The van der Waals surface area contributed by atoms with E-state index in [1.165, 1.54) is 0 Å². The second-order valence-electron chi connectivity index (χ2n) is 3.67. The van der Waals surface area contributed by atoms with Crippen molar-refractivity contribution in [3.8, 4) is 0 Å². The summed E-state index contributed by atoms with van der Waals surface area (Å²) in [6, 6.07) is 7.41. The minimum Gasteiger partial charge on any atom is -0.324 e. The highest BCUT2D eigenvalue weighted by atomic mass is 79.9. The molecule has 0 saturated carbocycles. The molecule has 0 spiro atoms. The van der Waals surface area contributed by atoms with Crippen molar-refractivity contribution in [3.63, 3.8) is 0 Å². The zero-order valence-electron chi connectivity index (χ0n) is 8.79. The molecule has 1 nitrogen and oxygen atoms in total. The van der Waals surface area contributed by atoms with Crippen molar-refractivity contribution < 1.29 is 0 Å². The van der Waals surface area contributed by atoms with E-state index in [9.17, 15) is 0 Å². The summed E-state index contributed by atoms with van der Waals surface area (Å²) in [5, 5.41) is 3.44. The molecule has 1 aromatic carbocycles. The van der Waals surface area contributed by atoms with E-state index in [-0.39, 0.29) is 6.04 Å². The molecule has 0 fully saturated rings. The Hall–Kier alpha value is -0.0600. The number of hydrogen-bond donors (Lipinski definition) is 1. The van der Waals surface area contributed by atoms with Crippen LogP contribution in [0.2, 0.25) is 10.0 Å². The highest BCUT2D eigenvalue weighted by Crippen LogP contribution is 2.31. The lowest BCUT2D eigenvalue weighted by molar-refractivity contribution is 0.727. The average Bonchev–Trinajstić information content (AvgIpc) is 2.68. The molecule has 2 aromatic rings. The summed E-state index contributed by atoms with van der Waals surface area (Å²) in [6.07, 6.45) is 0.718. The van der Waals surface area contributed by atoms with Gasteiger partial charge in [0.05, 0.1) is 5.02 Å². The fourth-order valence-electron chi connectivity index (χ4n) is 1.58. The van der Waals surface area contributed by atoms with Gasteiger partial charge < -0.3 is 5.73 Å². The van der Waals surface area contributed by atoms with Crippen molar-refractivity contribution in [1.29, 1.82) is 0 Å². The maximum Gasteiger partial charge on any atom is 0.0545 e. The van der Waals surface area contributed by atoms with Crippen molar-refractivity contribution in [3.05, 3.63) is 54.6 Å². The number of hydrogen-bond acceptors (Lipinski definition) is 2. The van der Waals surface area contributed by atoms with Crippen LogP contribution in [0.5, 0.6) is 0 Å². The quantitative estimate of drug-likeness (QED) is 0.822. The Balaban J connectivity index is 2.23. The van der Waals surface area contributed by atoms with E-state index in [1.54, 1.807) is 11.3 Å². The maximum atomic E-state index is 6.18. The summed E-state index contributed by atoms with van der Waals surface area (Å²) in [6.45, 7) is 0. The van der Waals surface area contributed by atoms with Gasteiger partial charge in [0.1, 0.15) is 0 Å². The second kappa shape index (κ2) is 5.72. The second-order valence-corrected chi connectivity index (χ2v) is 6.37. The zero-order chi connectivity index (χ0) is 12.4. The molecule has 1 aromatic heterocycles. The van der Waals surface area contributed by atoms with E-state index in [0.717, 1.165) is 26.4 Å². The van der Waals surface area contributed by atoms with Gasteiger partial charge in [-0.25, -0.2) is 0 Å². The molecule has 5 heteroatoms. The number of nitrogens with two attached hydrogens (primary N) is 1. The number of benzene rings is 1. The molecule has 0 saturated heterocycles. The van der Waals surface area contributed by atoms with Gasteiger partial charge in [0.15, 0.2) is 0 Å². The zero-order valence-corrected chi connectivity index (χ0v) is 12.7. The number of thiophene rings is 1. The van der Waals surface area contributed by atoms with Crippen LogP contribution < -0.4 is 5.73 Å². The molecule has 1 atom stereocenters. The first-order valence-electron chi connectivity index (χ1n) is 5.00. The summed E-state index contributed by atoms with van der Waals surface area (Å²) >= 11 is 17.1. The lowest BCUT2D eigenvalue weighted by Crippen LogP contribution is -2.13. The van der Waals surface area contributed by atoms with E-state index in [0.29, 0.717) is 5.02 Å². The van der Waals surface area contributed by atoms with Gasteiger partial charge in [-0.2, -0.15) is 0 Å². The van der Waals surface area contributed by atoms with Crippen LogP contribution in [0.4, 0.5) is 0 Å². The Bertz CT molecular complexity index is 527. The van der Waals surface area contributed by atoms with Crippen LogP contribution in [0.15, 0.2) is 34.1 Å². The lowest BCUT2D eigenvalue weighted by Gasteiger charge is -2.13. The first-order valence-corrected chi connectivity index (χ1v) is 7.43. The molecule has 1 heterocycles. The van der Waals surface area contributed by atoms with Crippen LogP contribution in [-0.4, -0.2) is 0 Å². The predicted molar refractivity (Wildman–Crippen MR) is 79.1 cm³/mol. The third-order valence-electron chi connectivity index (χ3n) is 2.45. The van der Waals surface area contributed by atoms with Gasteiger partial charge in [-0.05, 0) is 35.2 Å². The summed E-state index contributed by atoms with van der Waals surface area (Å²) in [7, 11) is 0. The van der Waals surface area contributed by atoms with Crippen molar-refractivity contribution in [2.75, 3.05) is 0 Å². The highest BCUT2D eigenvalue weighted by Gasteiger charge is 2.13. The lowest BCUT2D eigenvalue weighted by atomic mass is 10.0. The Morgan fingerprint density at radius 2 is 2.06 bits per heavy atom. The van der Waals surface area contributed by atoms with Gasteiger partial charge in [0, 0.05) is 26.8 Å². The van der Waals surface area contributed by atoms with Crippen LogP contribution in [-0.2, 0) is 6.42 Å². The van der Waals surface area contributed by atoms with Crippen LogP contribution in [0.25, 0.3) is 0 Å². The number of halogens is 3. The van der Waals surface area contributed by atoms with Crippen molar-refractivity contribution in [2.24, 2.45) is 5.73 Å². The van der Waals surface area contributed by atoms with E-state index < -0.39 is 0 Å². The van der Waals surface area contributed by atoms with Crippen molar-refractivity contribution >= 4 is 50.5 Å². The first kappa shape index (κ1) is 13.4. The fraction of sp³-hybridized carbons (Fsp3) is 0.167. The normalized spacial score (nSPS) is 12.7. The molecule has 0 aliphatic rings. The molecule has 90 valence electrons. The molecule has 1 unspecified atom stereocenters. The standard InChI is InChI=1S/C12H10BrCl2NS/c13-9-2-1-7(14)5-8(9)11(16)6-12-10(15)3-4-17-12/h1-5,11H,6,16H2. The maximum absolute atomic E-state index is 6.18. The van der Waals surface area contributed by atoms with Gasteiger partial charge >= 0.3 is 0 Å². The molecule has 0 bridgehead atoms. The Morgan fingerprint density at radius 3 is 2.71 bits per heavy atom. The van der Waals surface area contributed by atoms with Gasteiger partial charge in [-0.3, -0.25) is 0 Å². The molecule has 0 amide bonds. The Morgan fingerprint density at radius 1 is 1.29 bits per heavy atom. The van der Waals surface area contributed by atoms with Crippen LogP contribution in [0, 0.1) is 0 Å². The summed E-state index contributed by atoms with van der Waals surface area (Å²) < 4.78 is 0.974. The minimum atomic E-state index is -0.112. The van der Waals surface area contributed by atoms with Crippen LogP contribution in [0.1, 0.15) is 16.5 Å². The minimum absolute atomic E-state index is 0.112. The molecule has 2 N–H and O–H groups in total. The summed E-state index contributed by atoms with van der Waals surface area (Å²) in [5.74, 6) is 0. The van der Waals surface area contributed by atoms with Crippen LogP contribution in [0.3, 0.4) is 0 Å². The summed E-state index contributed by atoms with van der Waals surface area (Å²) in [4.78, 5) is 1.10. The first-order chi connectivity index (χ1) is 8.08. The number of rotatable bonds is 3. The van der Waals surface area contributed by atoms with E-state index in [1.807, 2.05) is 29.6 Å². The Labute approximate surface area is 123 Å². The smallest absolute Gasteiger partial charge is 0.0545 e. The molecule has 0 radical (unpaired) electrons. The highest BCUT2D eigenvalue weighted by molar-refractivity contribution is 9.10.